The highest BCUT2D eigenvalue weighted by Crippen LogP contribution is 2.29. The Morgan fingerprint density at radius 2 is 2.04 bits per heavy atom. The van der Waals surface area contributed by atoms with E-state index < -0.39 is 0 Å². The number of esters is 1. The van der Waals surface area contributed by atoms with Crippen LogP contribution in [0.5, 0.6) is 11.5 Å². The van der Waals surface area contributed by atoms with E-state index in [-0.39, 0.29) is 18.7 Å². The molecule has 0 saturated carbocycles. The molecule has 0 bridgehead atoms. The number of unbranched alkanes of at least 4 members (excludes halogenated alkanes) is 1. The third-order valence-corrected chi connectivity index (χ3v) is 4.40. The average Bonchev–Trinajstić information content (AvgIpc) is 2.64. The number of pyridine rings is 1. The van der Waals surface area contributed by atoms with Gasteiger partial charge in [0, 0.05) is 0 Å². The minimum Gasteiger partial charge on any atom is -0.484 e. The number of aromatic nitrogens is 1. The molecular formula is C21H26BrNO4. The van der Waals surface area contributed by atoms with Gasteiger partial charge in [0.2, 0.25) is 0 Å². The number of halogens is 1. The van der Waals surface area contributed by atoms with Crippen LogP contribution in [0.3, 0.4) is 0 Å². The Balaban J connectivity index is 2.08. The van der Waals surface area contributed by atoms with Gasteiger partial charge in [-0.05, 0) is 78.5 Å². The first kappa shape index (κ1) is 21.2. The number of rotatable bonds is 10. The molecule has 5 nitrogen and oxygen atoms in total. The Bertz CT molecular complexity index is 751. The van der Waals surface area contributed by atoms with Crippen LogP contribution in [0.2, 0.25) is 0 Å². The fourth-order valence-corrected chi connectivity index (χ4v) is 2.98. The summed E-state index contributed by atoms with van der Waals surface area (Å²) >= 11 is 3.42. The van der Waals surface area contributed by atoms with Gasteiger partial charge in [-0.15, -0.1) is 0 Å². The molecule has 0 aliphatic carbocycles. The lowest BCUT2D eigenvalue weighted by atomic mass is 10.1. The van der Waals surface area contributed by atoms with Crippen molar-refractivity contribution in [1.29, 1.82) is 0 Å². The van der Waals surface area contributed by atoms with Crippen LogP contribution in [-0.4, -0.2) is 24.2 Å². The molecule has 1 heterocycles. The van der Waals surface area contributed by atoms with Crippen molar-refractivity contribution in [1.82, 2.24) is 4.98 Å². The molecule has 0 aliphatic rings. The number of benzene rings is 1. The van der Waals surface area contributed by atoms with E-state index >= 15 is 0 Å². The van der Waals surface area contributed by atoms with Gasteiger partial charge in [0.05, 0.1) is 12.3 Å². The quantitative estimate of drug-likeness (QED) is 0.369. The molecule has 1 atom stereocenters. The van der Waals surface area contributed by atoms with Crippen LogP contribution in [0, 0.1) is 6.92 Å². The molecule has 2 aromatic rings. The maximum Gasteiger partial charge on any atom is 0.344 e. The van der Waals surface area contributed by atoms with Crippen molar-refractivity contribution in [2.24, 2.45) is 0 Å². The van der Waals surface area contributed by atoms with Gasteiger partial charge in [-0.1, -0.05) is 19.4 Å². The number of hydrogen-bond acceptors (Lipinski definition) is 5. The molecule has 0 saturated heterocycles. The molecule has 1 aromatic carbocycles. The normalized spacial score (nSPS) is 11.7. The van der Waals surface area contributed by atoms with Gasteiger partial charge < -0.3 is 14.2 Å². The van der Waals surface area contributed by atoms with E-state index in [0.29, 0.717) is 12.4 Å². The number of aryl methyl sites for hydroxylation is 1. The Morgan fingerprint density at radius 1 is 1.22 bits per heavy atom. The zero-order chi connectivity index (χ0) is 19.6. The molecule has 6 heteroatoms. The van der Waals surface area contributed by atoms with Crippen LogP contribution in [0.25, 0.3) is 0 Å². The Hall–Kier alpha value is -2.08. The molecular weight excluding hydrogens is 410 g/mol. The van der Waals surface area contributed by atoms with E-state index in [4.69, 9.17) is 14.2 Å². The van der Waals surface area contributed by atoms with E-state index in [1.165, 1.54) is 0 Å². The highest BCUT2D eigenvalue weighted by molar-refractivity contribution is 9.10. The van der Waals surface area contributed by atoms with Gasteiger partial charge >= 0.3 is 5.97 Å². The van der Waals surface area contributed by atoms with Gasteiger partial charge in [0.25, 0.3) is 0 Å². The van der Waals surface area contributed by atoms with E-state index in [1.54, 1.807) is 6.92 Å². The Kier molecular flexibility index (Phi) is 8.58. The predicted molar refractivity (Wildman–Crippen MR) is 108 cm³/mol. The number of nitrogens with zero attached hydrogens (tertiary/aromatic N) is 1. The van der Waals surface area contributed by atoms with E-state index in [2.05, 4.69) is 27.8 Å². The standard InChI is InChI=1S/C21H26BrNO4/c1-4-6-9-19(17-8-7-10-20(22)23-17)27-16-11-12-18(15(3)13-16)26-14-21(24)25-5-2/h7-8,10-13,19H,4-6,9,14H2,1-3H3/t19-/m0/s1. The average molecular weight is 436 g/mol. The number of hydrogen-bond donors (Lipinski definition) is 0. The highest BCUT2D eigenvalue weighted by atomic mass is 79.9. The summed E-state index contributed by atoms with van der Waals surface area (Å²) in [6, 6.07) is 11.4. The zero-order valence-electron chi connectivity index (χ0n) is 16.0. The molecule has 27 heavy (non-hydrogen) atoms. The first-order valence-electron chi connectivity index (χ1n) is 9.21. The summed E-state index contributed by atoms with van der Waals surface area (Å²) in [5.41, 5.74) is 1.80. The SMILES string of the molecule is CCCC[C@H](Oc1ccc(OCC(=O)OCC)c(C)c1)c1cccc(Br)n1. The lowest BCUT2D eigenvalue weighted by Gasteiger charge is -2.20. The zero-order valence-corrected chi connectivity index (χ0v) is 17.6. The molecule has 0 unspecified atom stereocenters. The van der Waals surface area contributed by atoms with Crippen LogP contribution < -0.4 is 9.47 Å². The topological polar surface area (TPSA) is 57.7 Å². The number of ether oxygens (including phenoxy) is 3. The summed E-state index contributed by atoms with van der Waals surface area (Å²) in [5.74, 6) is 1.01. The molecule has 2 rings (SSSR count). The second-order valence-electron chi connectivity index (χ2n) is 6.15. The third kappa shape index (κ3) is 6.86. The maximum absolute atomic E-state index is 11.4. The first-order chi connectivity index (χ1) is 13.0. The molecule has 0 N–H and O–H groups in total. The van der Waals surface area contributed by atoms with Crippen molar-refractivity contribution >= 4 is 21.9 Å². The monoisotopic (exact) mass is 435 g/mol. The van der Waals surface area contributed by atoms with Crippen LogP contribution in [0.15, 0.2) is 41.0 Å². The minimum atomic E-state index is -0.377. The summed E-state index contributed by atoms with van der Waals surface area (Å²) in [5, 5.41) is 0. The molecule has 0 aliphatic heterocycles. The van der Waals surface area contributed by atoms with E-state index in [0.717, 1.165) is 40.9 Å². The van der Waals surface area contributed by atoms with Gasteiger partial charge in [0.1, 0.15) is 22.2 Å². The third-order valence-electron chi connectivity index (χ3n) is 3.96. The molecule has 0 spiro atoms. The molecule has 1 aromatic heterocycles. The smallest absolute Gasteiger partial charge is 0.344 e. The van der Waals surface area contributed by atoms with Crippen LogP contribution in [0.1, 0.15) is 50.5 Å². The summed E-state index contributed by atoms with van der Waals surface area (Å²) in [4.78, 5) is 16.0. The molecule has 0 fully saturated rings. The van der Waals surface area contributed by atoms with Crippen molar-refractivity contribution in [3.8, 4) is 11.5 Å². The summed E-state index contributed by atoms with van der Waals surface area (Å²) in [6.45, 7) is 6.09. The van der Waals surface area contributed by atoms with E-state index in [1.807, 2.05) is 43.3 Å². The Labute approximate surface area is 169 Å². The first-order valence-corrected chi connectivity index (χ1v) is 10.0. The number of carbonyl (C=O) groups is 1. The van der Waals surface area contributed by atoms with Gasteiger partial charge in [-0.3, -0.25) is 0 Å². The van der Waals surface area contributed by atoms with Crippen molar-refractivity contribution in [3.63, 3.8) is 0 Å². The summed E-state index contributed by atoms with van der Waals surface area (Å²) in [7, 11) is 0. The molecule has 0 radical (unpaired) electrons. The minimum absolute atomic E-state index is 0.101. The second-order valence-corrected chi connectivity index (χ2v) is 6.97. The van der Waals surface area contributed by atoms with Crippen molar-refractivity contribution in [2.45, 2.75) is 46.1 Å². The lowest BCUT2D eigenvalue weighted by Crippen LogP contribution is -2.15. The summed E-state index contributed by atoms with van der Waals surface area (Å²) < 4.78 is 17.4. The van der Waals surface area contributed by atoms with Crippen molar-refractivity contribution in [3.05, 3.63) is 52.3 Å². The van der Waals surface area contributed by atoms with Crippen LogP contribution in [-0.2, 0) is 9.53 Å². The summed E-state index contributed by atoms with van der Waals surface area (Å²) in [6.07, 6.45) is 2.92. The van der Waals surface area contributed by atoms with Crippen molar-refractivity contribution < 1.29 is 19.0 Å². The second kappa shape index (κ2) is 10.9. The number of carbonyl (C=O) groups excluding carboxylic acids is 1. The Morgan fingerprint density at radius 3 is 2.70 bits per heavy atom. The van der Waals surface area contributed by atoms with Crippen LogP contribution >= 0.6 is 15.9 Å². The highest BCUT2D eigenvalue weighted by Gasteiger charge is 2.16. The maximum atomic E-state index is 11.4. The van der Waals surface area contributed by atoms with Gasteiger partial charge in [-0.2, -0.15) is 0 Å². The van der Waals surface area contributed by atoms with Gasteiger partial charge in [-0.25, -0.2) is 9.78 Å². The predicted octanol–water partition coefficient (Wildman–Crippen LogP) is 5.40. The fourth-order valence-electron chi connectivity index (χ4n) is 2.62. The fraction of sp³-hybridized carbons (Fsp3) is 0.429. The largest absolute Gasteiger partial charge is 0.484 e. The van der Waals surface area contributed by atoms with Crippen molar-refractivity contribution in [2.75, 3.05) is 13.2 Å². The van der Waals surface area contributed by atoms with Crippen LogP contribution in [0.4, 0.5) is 0 Å². The molecule has 0 amide bonds. The molecule has 146 valence electrons. The lowest BCUT2D eigenvalue weighted by molar-refractivity contribution is -0.145. The van der Waals surface area contributed by atoms with Gasteiger partial charge in [0.15, 0.2) is 6.61 Å². The van der Waals surface area contributed by atoms with E-state index in [9.17, 15) is 4.79 Å².